The van der Waals surface area contributed by atoms with Gasteiger partial charge in [0.1, 0.15) is 6.04 Å². The predicted octanol–water partition coefficient (Wildman–Crippen LogP) is -0.672. The first-order chi connectivity index (χ1) is 7.15. The van der Waals surface area contributed by atoms with Crippen LogP contribution in [0.4, 0.5) is 0 Å². The summed E-state index contributed by atoms with van der Waals surface area (Å²) in [4.78, 5) is 13.7. The topological polar surface area (TPSA) is 53.6 Å². The Morgan fingerprint density at radius 2 is 2.07 bits per heavy atom. The number of morpholine rings is 1. The Kier molecular flexibility index (Phi) is 4.77. The van der Waals surface area contributed by atoms with Crippen molar-refractivity contribution < 1.29 is 9.53 Å². The molecule has 1 atom stereocenters. The zero-order chi connectivity index (χ0) is 11.3. The normalized spacial score (nSPS) is 18.1. The summed E-state index contributed by atoms with van der Waals surface area (Å²) in [7, 11) is 1.72. The van der Waals surface area contributed by atoms with Crippen LogP contribution in [-0.4, -0.2) is 55.3 Å². The highest BCUT2D eigenvalue weighted by Gasteiger charge is 2.22. The highest BCUT2D eigenvalue weighted by atomic mass is 32.1. The number of rotatable bonds is 2. The molecule has 0 aromatic rings. The smallest absolute Gasteiger partial charge is 0.244 e. The first kappa shape index (κ1) is 12.2. The van der Waals surface area contributed by atoms with Gasteiger partial charge in [-0.25, -0.2) is 0 Å². The van der Waals surface area contributed by atoms with Gasteiger partial charge in [-0.1, -0.05) is 0 Å². The molecule has 0 aromatic heterocycles. The number of thiocarbonyl (C=S) groups is 1. The molecule has 1 unspecified atom stereocenters. The van der Waals surface area contributed by atoms with Crippen LogP contribution in [0.2, 0.25) is 0 Å². The average Bonchev–Trinajstić information content (AvgIpc) is 2.29. The van der Waals surface area contributed by atoms with Gasteiger partial charge in [-0.2, -0.15) is 0 Å². The quantitative estimate of drug-likeness (QED) is 0.617. The van der Waals surface area contributed by atoms with Gasteiger partial charge in [-0.05, 0) is 19.1 Å². The van der Waals surface area contributed by atoms with Gasteiger partial charge < -0.3 is 20.3 Å². The first-order valence-corrected chi connectivity index (χ1v) is 5.40. The molecule has 1 fully saturated rings. The molecule has 1 heterocycles. The molecule has 0 radical (unpaired) electrons. The molecule has 1 amide bonds. The van der Waals surface area contributed by atoms with Crippen LogP contribution in [-0.2, 0) is 9.53 Å². The van der Waals surface area contributed by atoms with Crippen molar-refractivity contribution in [2.45, 2.75) is 13.0 Å². The lowest BCUT2D eigenvalue weighted by atomic mass is 10.2. The SMILES string of the molecule is CNC(=S)NC(C)C(=O)N1CCOCC1. The van der Waals surface area contributed by atoms with Gasteiger partial charge in [-0.15, -0.1) is 0 Å². The Bertz CT molecular complexity index is 242. The average molecular weight is 231 g/mol. The molecule has 5 nitrogen and oxygen atoms in total. The maximum absolute atomic E-state index is 11.9. The molecule has 0 saturated carbocycles. The first-order valence-electron chi connectivity index (χ1n) is 5.00. The van der Waals surface area contributed by atoms with E-state index in [-0.39, 0.29) is 11.9 Å². The van der Waals surface area contributed by atoms with Crippen molar-refractivity contribution in [3.05, 3.63) is 0 Å². The minimum atomic E-state index is -0.289. The number of carbonyl (C=O) groups is 1. The third kappa shape index (κ3) is 3.64. The molecule has 1 aliphatic rings. The molecule has 0 spiro atoms. The molecule has 15 heavy (non-hydrogen) atoms. The molecule has 86 valence electrons. The number of ether oxygens (including phenoxy) is 1. The summed E-state index contributed by atoms with van der Waals surface area (Å²) in [5.74, 6) is 0.0656. The zero-order valence-electron chi connectivity index (χ0n) is 9.08. The van der Waals surface area contributed by atoms with E-state index < -0.39 is 0 Å². The molecule has 2 N–H and O–H groups in total. The van der Waals surface area contributed by atoms with E-state index in [4.69, 9.17) is 17.0 Å². The van der Waals surface area contributed by atoms with Gasteiger partial charge in [0.2, 0.25) is 5.91 Å². The van der Waals surface area contributed by atoms with Gasteiger partial charge in [0.05, 0.1) is 13.2 Å². The van der Waals surface area contributed by atoms with Gasteiger partial charge in [-0.3, -0.25) is 4.79 Å². The van der Waals surface area contributed by atoms with Crippen molar-refractivity contribution in [2.24, 2.45) is 0 Å². The summed E-state index contributed by atoms with van der Waals surface area (Å²) in [6.07, 6.45) is 0. The minimum absolute atomic E-state index is 0.0656. The number of hydrogen-bond donors (Lipinski definition) is 2. The van der Waals surface area contributed by atoms with E-state index in [0.717, 1.165) is 0 Å². The molecule has 0 aliphatic carbocycles. The predicted molar refractivity (Wildman–Crippen MR) is 61.7 cm³/mol. The molecule has 0 bridgehead atoms. The molecule has 0 aromatic carbocycles. The standard InChI is InChI=1S/C9H17N3O2S/c1-7(11-9(15)10-2)8(13)12-3-5-14-6-4-12/h7H,3-6H2,1-2H3,(H2,10,11,15). The van der Waals surface area contributed by atoms with E-state index in [1.54, 1.807) is 18.9 Å². The summed E-state index contributed by atoms with van der Waals surface area (Å²) in [6, 6.07) is -0.289. The Balaban J connectivity index is 2.40. The number of amides is 1. The van der Waals surface area contributed by atoms with Crippen LogP contribution in [0.15, 0.2) is 0 Å². The Morgan fingerprint density at radius 3 is 2.60 bits per heavy atom. The van der Waals surface area contributed by atoms with E-state index in [1.807, 2.05) is 0 Å². The van der Waals surface area contributed by atoms with Gasteiger partial charge in [0.15, 0.2) is 5.11 Å². The van der Waals surface area contributed by atoms with Crippen molar-refractivity contribution in [2.75, 3.05) is 33.4 Å². The molecule has 1 aliphatic heterocycles. The van der Waals surface area contributed by atoms with Crippen LogP contribution in [0, 0.1) is 0 Å². The Labute approximate surface area is 95.1 Å². The van der Waals surface area contributed by atoms with Crippen molar-refractivity contribution in [1.82, 2.24) is 15.5 Å². The van der Waals surface area contributed by atoms with Crippen molar-refractivity contribution in [3.63, 3.8) is 0 Å². The van der Waals surface area contributed by atoms with Crippen LogP contribution in [0.3, 0.4) is 0 Å². The monoisotopic (exact) mass is 231 g/mol. The van der Waals surface area contributed by atoms with E-state index in [0.29, 0.717) is 31.4 Å². The lowest BCUT2D eigenvalue weighted by molar-refractivity contribution is -0.136. The summed E-state index contributed by atoms with van der Waals surface area (Å²) in [5, 5.41) is 6.18. The van der Waals surface area contributed by atoms with Crippen LogP contribution in [0.1, 0.15) is 6.92 Å². The molecule has 1 saturated heterocycles. The molecule has 6 heteroatoms. The van der Waals surface area contributed by atoms with Gasteiger partial charge in [0, 0.05) is 20.1 Å². The van der Waals surface area contributed by atoms with Crippen molar-refractivity contribution in [3.8, 4) is 0 Å². The van der Waals surface area contributed by atoms with Gasteiger partial charge >= 0.3 is 0 Å². The Hall–Kier alpha value is -0.880. The fourth-order valence-corrected chi connectivity index (χ4v) is 1.56. The fraction of sp³-hybridized carbons (Fsp3) is 0.778. The minimum Gasteiger partial charge on any atom is -0.378 e. The second-order valence-electron chi connectivity index (χ2n) is 3.38. The summed E-state index contributed by atoms with van der Waals surface area (Å²) in [5.41, 5.74) is 0. The van der Waals surface area contributed by atoms with E-state index in [1.165, 1.54) is 0 Å². The zero-order valence-corrected chi connectivity index (χ0v) is 9.89. The second-order valence-corrected chi connectivity index (χ2v) is 3.79. The highest BCUT2D eigenvalue weighted by Crippen LogP contribution is 2.00. The van der Waals surface area contributed by atoms with Crippen LogP contribution in [0.5, 0.6) is 0 Å². The van der Waals surface area contributed by atoms with E-state index in [9.17, 15) is 4.79 Å². The van der Waals surface area contributed by atoms with Crippen LogP contribution >= 0.6 is 12.2 Å². The number of carbonyl (C=O) groups excluding carboxylic acids is 1. The van der Waals surface area contributed by atoms with Crippen molar-refractivity contribution >= 4 is 23.2 Å². The summed E-state index contributed by atoms with van der Waals surface area (Å²) < 4.78 is 5.18. The summed E-state index contributed by atoms with van der Waals surface area (Å²) in [6.45, 7) is 4.37. The van der Waals surface area contributed by atoms with E-state index >= 15 is 0 Å². The lowest BCUT2D eigenvalue weighted by Gasteiger charge is -2.29. The number of nitrogens with one attached hydrogen (secondary N) is 2. The third-order valence-electron chi connectivity index (χ3n) is 2.27. The Morgan fingerprint density at radius 1 is 1.47 bits per heavy atom. The second kappa shape index (κ2) is 5.87. The van der Waals surface area contributed by atoms with Gasteiger partial charge in [0.25, 0.3) is 0 Å². The van der Waals surface area contributed by atoms with Crippen LogP contribution < -0.4 is 10.6 Å². The molecular formula is C9H17N3O2S. The third-order valence-corrected chi connectivity index (χ3v) is 2.59. The number of nitrogens with zero attached hydrogens (tertiary/aromatic N) is 1. The van der Waals surface area contributed by atoms with Crippen LogP contribution in [0.25, 0.3) is 0 Å². The maximum atomic E-state index is 11.9. The molecule has 1 rings (SSSR count). The highest BCUT2D eigenvalue weighted by molar-refractivity contribution is 7.80. The lowest BCUT2D eigenvalue weighted by Crippen LogP contribution is -2.51. The number of hydrogen-bond acceptors (Lipinski definition) is 3. The van der Waals surface area contributed by atoms with E-state index in [2.05, 4.69) is 10.6 Å². The summed E-state index contributed by atoms with van der Waals surface area (Å²) >= 11 is 4.93. The largest absolute Gasteiger partial charge is 0.378 e. The fourth-order valence-electron chi connectivity index (χ4n) is 1.39. The van der Waals surface area contributed by atoms with Crippen molar-refractivity contribution in [1.29, 1.82) is 0 Å². The molecular weight excluding hydrogens is 214 g/mol. The maximum Gasteiger partial charge on any atom is 0.244 e.